The Hall–Kier alpha value is -5.03. The average Bonchev–Trinajstić information content (AvgIpc) is 3.39. The van der Waals surface area contributed by atoms with Crippen molar-refractivity contribution >= 4 is 11.9 Å². The monoisotopic (exact) mass is 475 g/mol. The molecule has 5 rings (SSSR count). The number of hydrogen-bond acceptors (Lipinski definition) is 7. The molecule has 0 bridgehead atoms. The number of rotatable bonds is 8. The molecule has 176 valence electrons. The molecule has 0 atom stereocenters. The highest BCUT2D eigenvalue weighted by atomic mass is 16.5. The molecule has 0 unspecified atom stereocenters. The van der Waals surface area contributed by atoms with Gasteiger partial charge >= 0.3 is 0 Å². The Morgan fingerprint density at radius 2 is 1.97 bits per heavy atom. The van der Waals surface area contributed by atoms with E-state index in [2.05, 4.69) is 34.1 Å². The number of aldehydes is 1. The second kappa shape index (κ2) is 10.1. The van der Waals surface area contributed by atoms with Crippen LogP contribution < -0.4 is 9.47 Å². The zero-order valence-corrected chi connectivity index (χ0v) is 19.5. The van der Waals surface area contributed by atoms with Crippen molar-refractivity contribution in [3.63, 3.8) is 0 Å². The first-order valence-corrected chi connectivity index (χ1v) is 11.2. The van der Waals surface area contributed by atoms with Crippen LogP contribution >= 0.6 is 0 Å². The molecule has 0 aliphatic heterocycles. The molecule has 0 saturated carbocycles. The molecule has 0 aliphatic carbocycles. The van der Waals surface area contributed by atoms with Gasteiger partial charge in [-0.15, -0.1) is 0 Å². The summed E-state index contributed by atoms with van der Waals surface area (Å²) in [6, 6.07) is 18.9. The summed E-state index contributed by atoms with van der Waals surface area (Å²) in [5, 5.41) is 13.3. The zero-order valence-electron chi connectivity index (χ0n) is 19.5. The smallest absolute Gasteiger partial charge is 0.155 e. The summed E-state index contributed by atoms with van der Waals surface area (Å²) < 4.78 is 13.7. The lowest BCUT2D eigenvalue weighted by molar-refractivity contribution is 0.111. The van der Waals surface area contributed by atoms with Gasteiger partial charge in [0, 0.05) is 35.8 Å². The van der Waals surface area contributed by atoms with Gasteiger partial charge in [-0.2, -0.15) is 10.4 Å². The Bertz CT molecular complexity index is 1600. The van der Waals surface area contributed by atoms with Gasteiger partial charge in [0.05, 0.1) is 11.1 Å². The summed E-state index contributed by atoms with van der Waals surface area (Å²) >= 11 is 0. The highest BCUT2D eigenvalue weighted by Crippen LogP contribution is 2.29. The normalized spacial score (nSPS) is 10.7. The van der Waals surface area contributed by atoms with Gasteiger partial charge in [-0.25, -0.2) is 9.50 Å². The Morgan fingerprint density at radius 1 is 1.06 bits per heavy atom. The summed E-state index contributed by atoms with van der Waals surface area (Å²) in [7, 11) is 0. The van der Waals surface area contributed by atoms with Gasteiger partial charge in [0.15, 0.2) is 11.9 Å². The van der Waals surface area contributed by atoms with Crippen LogP contribution in [0.2, 0.25) is 0 Å². The third kappa shape index (κ3) is 4.76. The fraction of sp³-hybridized carbons (Fsp3) is 0.107. The third-order valence-corrected chi connectivity index (χ3v) is 5.86. The lowest BCUT2D eigenvalue weighted by Crippen LogP contribution is -2.02. The molecule has 0 fully saturated rings. The molecule has 3 heterocycles. The number of ether oxygens (including phenoxy) is 2. The Labute approximate surface area is 207 Å². The van der Waals surface area contributed by atoms with Gasteiger partial charge in [-0.1, -0.05) is 18.2 Å². The molecule has 0 radical (unpaired) electrons. The van der Waals surface area contributed by atoms with E-state index in [1.54, 1.807) is 35.0 Å². The van der Waals surface area contributed by atoms with E-state index in [1.165, 1.54) is 12.5 Å². The molecule has 0 saturated heterocycles. The summed E-state index contributed by atoms with van der Waals surface area (Å²) in [6.07, 6.45) is 7.34. The number of fused-ring (bicyclic) bond motifs is 1. The van der Waals surface area contributed by atoms with E-state index < -0.39 is 0 Å². The van der Waals surface area contributed by atoms with Crippen molar-refractivity contribution in [2.24, 2.45) is 0 Å². The maximum absolute atomic E-state index is 11.5. The summed E-state index contributed by atoms with van der Waals surface area (Å²) in [5.74, 6) is 0.977. The number of benzene rings is 2. The summed E-state index contributed by atoms with van der Waals surface area (Å²) in [6.45, 7) is 2.58. The van der Waals surface area contributed by atoms with Crippen LogP contribution in [0.25, 0.3) is 16.8 Å². The molecule has 5 aromatic rings. The van der Waals surface area contributed by atoms with Crippen molar-refractivity contribution in [3.8, 4) is 28.7 Å². The highest BCUT2D eigenvalue weighted by Gasteiger charge is 2.11. The minimum Gasteiger partial charge on any atom is -0.489 e. The largest absolute Gasteiger partial charge is 0.489 e. The van der Waals surface area contributed by atoms with E-state index in [9.17, 15) is 4.79 Å². The fourth-order valence-corrected chi connectivity index (χ4v) is 3.91. The maximum atomic E-state index is 11.5. The first kappa shape index (κ1) is 22.7. The van der Waals surface area contributed by atoms with E-state index in [-0.39, 0.29) is 6.61 Å². The van der Waals surface area contributed by atoms with Gasteiger partial charge in [0.2, 0.25) is 0 Å². The van der Waals surface area contributed by atoms with Gasteiger partial charge < -0.3 is 9.47 Å². The molecule has 36 heavy (non-hydrogen) atoms. The molecular formula is C28H21N5O3. The van der Waals surface area contributed by atoms with Gasteiger partial charge in [-0.05, 0) is 53.9 Å². The minimum absolute atomic E-state index is 0.171. The molecule has 0 aliphatic rings. The molecule has 0 amide bonds. The SMILES string of the molecule is Cc1c(COc2ccc(C=O)c(OCc3cncc(C#N)c3)c2)cccc1-c1ccc2ncnn2c1. The predicted molar refractivity (Wildman–Crippen MR) is 133 cm³/mol. The minimum atomic E-state index is 0.171. The Balaban J connectivity index is 1.32. The standard InChI is InChI=1S/C28H21N5O3/c1-19-24(3-2-4-26(19)22-6-8-28-31-18-32-33(28)14-22)17-35-25-7-5-23(15-34)27(10-25)36-16-21-9-20(11-29)12-30-13-21/h2-10,12-15,18H,16-17H2,1H3. The third-order valence-electron chi connectivity index (χ3n) is 5.86. The predicted octanol–water partition coefficient (Wildman–Crippen LogP) is 4.94. The van der Waals surface area contributed by atoms with E-state index in [0.717, 1.165) is 39.8 Å². The average molecular weight is 476 g/mol. The van der Waals surface area contributed by atoms with Crippen LogP contribution in [0.5, 0.6) is 11.5 Å². The Morgan fingerprint density at radius 3 is 2.83 bits per heavy atom. The Kier molecular flexibility index (Phi) is 6.36. The molecule has 0 N–H and O–H groups in total. The van der Waals surface area contributed by atoms with Gasteiger partial charge in [0.25, 0.3) is 0 Å². The van der Waals surface area contributed by atoms with Crippen LogP contribution in [0.15, 0.2) is 79.5 Å². The number of carbonyl (C=O) groups excluding carboxylic acids is 1. The van der Waals surface area contributed by atoms with E-state index in [4.69, 9.17) is 14.7 Å². The van der Waals surface area contributed by atoms with Gasteiger partial charge in [0.1, 0.15) is 37.1 Å². The number of pyridine rings is 2. The molecule has 8 heteroatoms. The molecule has 0 spiro atoms. The van der Waals surface area contributed by atoms with Crippen molar-refractivity contribution in [2.75, 3.05) is 0 Å². The first-order valence-electron chi connectivity index (χ1n) is 11.2. The summed E-state index contributed by atoms with van der Waals surface area (Å²) in [4.78, 5) is 19.8. The van der Waals surface area contributed by atoms with Crippen LogP contribution in [-0.4, -0.2) is 25.9 Å². The number of nitriles is 1. The van der Waals surface area contributed by atoms with E-state index >= 15 is 0 Å². The summed E-state index contributed by atoms with van der Waals surface area (Å²) in [5.41, 5.74) is 6.64. The molecular weight excluding hydrogens is 454 g/mol. The lowest BCUT2D eigenvalue weighted by atomic mass is 9.98. The number of nitrogens with zero attached hydrogens (tertiary/aromatic N) is 5. The van der Waals surface area contributed by atoms with Gasteiger partial charge in [-0.3, -0.25) is 9.78 Å². The van der Waals surface area contributed by atoms with Crippen molar-refractivity contribution < 1.29 is 14.3 Å². The zero-order chi connectivity index (χ0) is 24.9. The van der Waals surface area contributed by atoms with Crippen molar-refractivity contribution in [1.29, 1.82) is 5.26 Å². The number of aromatic nitrogens is 4. The van der Waals surface area contributed by atoms with Crippen LogP contribution in [0.1, 0.15) is 32.6 Å². The van der Waals surface area contributed by atoms with Crippen LogP contribution in [0, 0.1) is 18.3 Å². The topological polar surface area (TPSA) is 102 Å². The quantitative estimate of drug-likeness (QED) is 0.293. The second-order valence-electron chi connectivity index (χ2n) is 8.16. The molecule has 3 aromatic heterocycles. The van der Waals surface area contributed by atoms with E-state index in [0.29, 0.717) is 29.2 Å². The first-order chi connectivity index (χ1) is 17.6. The fourth-order valence-electron chi connectivity index (χ4n) is 3.91. The van der Waals surface area contributed by atoms with E-state index in [1.807, 2.05) is 30.5 Å². The molecule has 2 aromatic carbocycles. The van der Waals surface area contributed by atoms with Crippen molar-refractivity contribution in [3.05, 3.63) is 107 Å². The lowest BCUT2D eigenvalue weighted by Gasteiger charge is -2.14. The second-order valence-corrected chi connectivity index (χ2v) is 8.16. The van der Waals surface area contributed by atoms with Crippen LogP contribution in [0.4, 0.5) is 0 Å². The van der Waals surface area contributed by atoms with Crippen LogP contribution in [-0.2, 0) is 13.2 Å². The molecule has 8 nitrogen and oxygen atoms in total. The van der Waals surface area contributed by atoms with Crippen molar-refractivity contribution in [2.45, 2.75) is 20.1 Å². The number of hydrogen-bond donors (Lipinski definition) is 0. The van der Waals surface area contributed by atoms with Crippen LogP contribution in [0.3, 0.4) is 0 Å². The van der Waals surface area contributed by atoms with Crippen molar-refractivity contribution in [1.82, 2.24) is 19.6 Å². The maximum Gasteiger partial charge on any atom is 0.155 e. The number of carbonyl (C=O) groups is 1. The highest BCUT2D eigenvalue weighted by molar-refractivity contribution is 5.79.